The smallest absolute Gasteiger partial charge is 0.191 e. The van der Waals surface area contributed by atoms with Crippen LogP contribution in [-0.2, 0) is 5.60 Å². The van der Waals surface area contributed by atoms with Gasteiger partial charge in [-0.1, -0.05) is 37.3 Å². The number of nitrogens with zero attached hydrogens (tertiary/aromatic N) is 3. The molecule has 3 N–H and O–H groups in total. The number of benzene rings is 1. The monoisotopic (exact) mass is 361 g/mol. The minimum absolute atomic E-state index is 0.321. The Kier molecular flexibility index (Phi) is 8.35. The summed E-state index contributed by atoms with van der Waals surface area (Å²) in [6.07, 6.45) is 0. The van der Waals surface area contributed by atoms with Gasteiger partial charge in [0.2, 0.25) is 0 Å². The van der Waals surface area contributed by atoms with E-state index in [1.165, 1.54) is 0 Å². The van der Waals surface area contributed by atoms with E-state index < -0.39 is 5.60 Å². The summed E-state index contributed by atoms with van der Waals surface area (Å²) in [5.41, 5.74) is -0.0894. The Bertz CT molecular complexity index is 538. The summed E-state index contributed by atoms with van der Waals surface area (Å²) >= 11 is 0. The Morgan fingerprint density at radius 1 is 1.08 bits per heavy atom. The van der Waals surface area contributed by atoms with Crippen molar-refractivity contribution in [3.63, 3.8) is 0 Å². The Morgan fingerprint density at radius 2 is 1.73 bits per heavy atom. The van der Waals surface area contributed by atoms with Crippen molar-refractivity contribution in [1.29, 1.82) is 0 Å². The lowest BCUT2D eigenvalue weighted by atomic mass is 9.96. The predicted molar refractivity (Wildman–Crippen MR) is 109 cm³/mol. The zero-order valence-corrected chi connectivity index (χ0v) is 16.5. The molecule has 1 atom stereocenters. The van der Waals surface area contributed by atoms with Gasteiger partial charge in [-0.3, -0.25) is 4.90 Å². The number of guanidine groups is 1. The SMILES string of the molecule is CCNC(=NCC(C)(O)c1ccccc1)NCCN1CCN(CC)CC1. The number of piperazine rings is 1. The van der Waals surface area contributed by atoms with Crippen LogP contribution in [0, 0.1) is 0 Å². The second-order valence-electron chi connectivity index (χ2n) is 7.04. The highest BCUT2D eigenvalue weighted by Gasteiger charge is 2.22. The summed E-state index contributed by atoms with van der Waals surface area (Å²) in [7, 11) is 0. The van der Waals surface area contributed by atoms with Crippen molar-refractivity contribution in [2.45, 2.75) is 26.4 Å². The van der Waals surface area contributed by atoms with Gasteiger partial charge in [0.05, 0.1) is 6.54 Å². The number of aliphatic imine (C=N–C) groups is 1. The molecule has 0 radical (unpaired) electrons. The lowest BCUT2D eigenvalue weighted by molar-refractivity contribution is 0.0672. The average Bonchev–Trinajstić information content (AvgIpc) is 2.67. The molecule has 6 heteroatoms. The van der Waals surface area contributed by atoms with Crippen LogP contribution in [0.1, 0.15) is 26.3 Å². The van der Waals surface area contributed by atoms with E-state index in [9.17, 15) is 5.11 Å². The average molecular weight is 362 g/mol. The van der Waals surface area contributed by atoms with E-state index in [2.05, 4.69) is 39.3 Å². The number of aliphatic hydroxyl groups is 1. The molecule has 0 bridgehead atoms. The van der Waals surface area contributed by atoms with Gasteiger partial charge in [-0.25, -0.2) is 4.99 Å². The van der Waals surface area contributed by atoms with Crippen LogP contribution in [0.15, 0.2) is 35.3 Å². The van der Waals surface area contributed by atoms with Crippen molar-refractivity contribution >= 4 is 5.96 Å². The first kappa shape index (κ1) is 20.7. The van der Waals surface area contributed by atoms with Crippen molar-refractivity contribution in [3.8, 4) is 0 Å². The van der Waals surface area contributed by atoms with Gasteiger partial charge in [0.15, 0.2) is 5.96 Å². The van der Waals surface area contributed by atoms with Crippen LogP contribution < -0.4 is 10.6 Å². The maximum atomic E-state index is 10.7. The van der Waals surface area contributed by atoms with Crippen molar-refractivity contribution in [2.24, 2.45) is 4.99 Å². The van der Waals surface area contributed by atoms with E-state index in [1.807, 2.05) is 37.3 Å². The summed E-state index contributed by atoms with van der Waals surface area (Å²) in [4.78, 5) is 9.56. The molecule has 0 spiro atoms. The number of nitrogens with one attached hydrogen (secondary N) is 2. The van der Waals surface area contributed by atoms with E-state index in [0.29, 0.717) is 6.54 Å². The fourth-order valence-electron chi connectivity index (χ4n) is 3.12. The highest BCUT2D eigenvalue weighted by atomic mass is 16.3. The van der Waals surface area contributed by atoms with E-state index in [-0.39, 0.29) is 0 Å². The largest absolute Gasteiger partial charge is 0.384 e. The van der Waals surface area contributed by atoms with Gasteiger partial charge in [0.1, 0.15) is 5.60 Å². The molecule has 0 amide bonds. The topological polar surface area (TPSA) is 63.1 Å². The van der Waals surface area contributed by atoms with E-state index in [0.717, 1.165) is 63.9 Å². The normalized spacial score (nSPS) is 19.2. The zero-order valence-electron chi connectivity index (χ0n) is 16.5. The first-order valence-corrected chi connectivity index (χ1v) is 9.80. The fraction of sp³-hybridized carbons (Fsp3) is 0.650. The molecular weight excluding hydrogens is 326 g/mol. The maximum Gasteiger partial charge on any atom is 0.191 e. The molecule has 1 unspecified atom stereocenters. The van der Waals surface area contributed by atoms with Gasteiger partial charge < -0.3 is 20.6 Å². The van der Waals surface area contributed by atoms with E-state index in [1.54, 1.807) is 0 Å². The van der Waals surface area contributed by atoms with Crippen molar-refractivity contribution < 1.29 is 5.11 Å². The van der Waals surface area contributed by atoms with Gasteiger partial charge in [-0.05, 0) is 26.0 Å². The zero-order chi connectivity index (χ0) is 18.8. The summed E-state index contributed by atoms with van der Waals surface area (Å²) in [6, 6.07) is 9.71. The molecule has 0 aliphatic carbocycles. The van der Waals surface area contributed by atoms with Gasteiger partial charge in [0, 0.05) is 45.8 Å². The van der Waals surface area contributed by atoms with Gasteiger partial charge in [-0.2, -0.15) is 0 Å². The van der Waals surface area contributed by atoms with Crippen LogP contribution in [0.4, 0.5) is 0 Å². The molecule has 0 saturated carbocycles. The lowest BCUT2D eigenvalue weighted by Gasteiger charge is -2.34. The van der Waals surface area contributed by atoms with Crippen LogP contribution in [-0.4, -0.2) is 79.8 Å². The molecule has 1 fully saturated rings. The van der Waals surface area contributed by atoms with Crippen LogP contribution >= 0.6 is 0 Å². The quantitative estimate of drug-likeness (QED) is 0.478. The third-order valence-electron chi connectivity index (χ3n) is 4.92. The van der Waals surface area contributed by atoms with Crippen LogP contribution in [0.25, 0.3) is 0 Å². The highest BCUT2D eigenvalue weighted by Crippen LogP contribution is 2.20. The molecule has 1 aliphatic rings. The fourth-order valence-corrected chi connectivity index (χ4v) is 3.12. The highest BCUT2D eigenvalue weighted by molar-refractivity contribution is 5.79. The molecule has 1 heterocycles. The molecule has 2 rings (SSSR count). The molecule has 26 heavy (non-hydrogen) atoms. The van der Waals surface area contributed by atoms with Gasteiger partial charge >= 0.3 is 0 Å². The first-order valence-electron chi connectivity index (χ1n) is 9.80. The Morgan fingerprint density at radius 3 is 2.35 bits per heavy atom. The molecule has 1 aliphatic heterocycles. The van der Waals surface area contributed by atoms with Crippen molar-refractivity contribution in [2.75, 3.05) is 58.9 Å². The second kappa shape index (κ2) is 10.5. The summed E-state index contributed by atoms with van der Waals surface area (Å²) < 4.78 is 0. The molecule has 1 aromatic rings. The number of hydrogen-bond acceptors (Lipinski definition) is 4. The van der Waals surface area contributed by atoms with E-state index >= 15 is 0 Å². The predicted octanol–water partition coefficient (Wildman–Crippen LogP) is 1.09. The minimum atomic E-state index is -0.972. The molecule has 0 aromatic heterocycles. The third kappa shape index (κ3) is 6.59. The number of hydrogen-bond donors (Lipinski definition) is 3. The second-order valence-corrected chi connectivity index (χ2v) is 7.04. The maximum absolute atomic E-state index is 10.7. The Hall–Kier alpha value is -1.63. The first-order chi connectivity index (χ1) is 12.5. The Labute approximate surface area is 158 Å². The van der Waals surface area contributed by atoms with Crippen molar-refractivity contribution in [3.05, 3.63) is 35.9 Å². The summed E-state index contributed by atoms with van der Waals surface area (Å²) in [5.74, 6) is 0.760. The Balaban J connectivity index is 1.81. The van der Waals surface area contributed by atoms with E-state index in [4.69, 9.17) is 0 Å². The van der Waals surface area contributed by atoms with Gasteiger partial charge in [-0.15, -0.1) is 0 Å². The minimum Gasteiger partial charge on any atom is -0.384 e. The van der Waals surface area contributed by atoms with Crippen LogP contribution in [0.3, 0.4) is 0 Å². The standard InChI is InChI=1S/C20H35N5O/c1-4-21-19(22-11-12-25-15-13-24(5-2)14-16-25)23-17-20(3,26)18-9-7-6-8-10-18/h6-10,26H,4-5,11-17H2,1-3H3,(H2,21,22,23). The van der Waals surface area contributed by atoms with Gasteiger partial charge in [0.25, 0.3) is 0 Å². The summed E-state index contributed by atoms with van der Waals surface area (Å²) in [5, 5.41) is 17.4. The lowest BCUT2D eigenvalue weighted by Crippen LogP contribution is -2.49. The molecule has 146 valence electrons. The molecule has 6 nitrogen and oxygen atoms in total. The molecular formula is C20H35N5O. The summed E-state index contributed by atoms with van der Waals surface area (Å²) in [6.45, 7) is 14.8. The molecule has 1 aromatic carbocycles. The van der Waals surface area contributed by atoms with Crippen LogP contribution in [0.5, 0.6) is 0 Å². The van der Waals surface area contributed by atoms with Crippen molar-refractivity contribution in [1.82, 2.24) is 20.4 Å². The number of rotatable bonds is 8. The van der Waals surface area contributed by atoms with Crippen LogP contribution in [0.2, 0.25) is 0 Å². The molecule has 1 saturated heterocycles. The number of likely N-dealkylation sites (N-methyl/N-ethyl adjacent to an activating group) is 1. The third-order valence-corrected chi connectivity index (χ3v) is 4.92.